The largest absolute Gasteiger partial charge is 0.383 e. The van der Waals surface area contributed by atoms with Crippen LogP contribution in [0.15, 0.2) is 28.8 Å². The first kappa shape index (κ1) is 11.7. The van der Waals surface area contributed by atoms with Crippen molar-refractivity contribution in [2.75, 3.05) is 6.54 Å². The lowest BCUT2D eigenvalue weighted by atomic mass is 10.2. The molecule has 2 rings (SSSR count). The van der Waals surface area contributed by atoms with Crippen molar-refractivity contribution in [2.24, 2.45) is 5.73 Å². The lowest BCUT2D eigenvalue weighted by Crippen LogP contribution is -2.06. The predicted octanol–water partition coefficient (Wildman–Crippen LogP) is 1.26. The van der Waals surface area contributed by atoms with Crippen LogP contribution in [0, 0.1) is 5.82 Å². The minimum atomic E-state index is -0.880. The van der Waals surface area contributed by atoms with E-state index in [1.807, 2.05) is 0 Å². The predicted molar refractivity (Wildman–Crippen MR) is 58.3 cm³/mol. The minimum Gasteiger partial charge on any atom is -0.383 e. The first-order chi connectivity index (χ1) is 8.20. The van der Waals surface area contributed by atoms with Gasteiger partial charge in [0.15, 0.2) is 0 Å². The van der Waals surface area contributed by atoms with E-state index < -0.39 is 6.10 Å². The molecule has 17 heavy (non-hydrogen) atoms. The van der Waals surface area contributed by atoms with Gasteiger partial charge in [-0.2, -0.15) is 4.98 Å². The number of nitrogens with zero attached hydrogens (tertiary/aromatic N) is 2. The summed E-state index contributed by atoms with van der Waals surface area (Å²) < 4.78 is 17.9. The molecule has 0 spiro atoms. The van der Waals surface area contributed by atoms with Crippen molar-refractivity contribution in [1.82, 2.24) is 10.1 Å². The maximum Gasteiger partial charge on any atom is 0.255 e. The Balaban J connectivity index is 2.23. The van der Waals surface area contributed by atoms with Crippen LogP contribution in [0.5, 0.6) is 0 Å². The fourth-order valence-electron chi connectivity index (χ4n) is 1.40. The van der Waals surface area contributed by atoms with Crippen LogP contribution in [0.1, 0.15) is 18.4 Å². The van der Waals surface area contributed by atoms with Crippen LogP contribution in [-0.4, -0.2) is 21.8 Å². The average molecular weight is 237 g/mol. The number of aliphatic hydroxyl groups is 1. The van der Waals surface area contributed by atoms with Crippen molar-refractivity contribution in [3.05, 3.63) is 36.0 Å². The smallest absolute Gasteiger partial charge is 0.255 e. The summed E-state index contributed by atoms with van der Waals surface area (Å²) >= 11 is 0. The van der Waals surface area contributed by atoms with E-state index >= 15 is 0 Å². The molecule has 0 radical (unpaired) electrons. The Kier molecular flexibility index (Phi) is 3.46. The van der Waals surface area contributed by atoms with E-state index in [1.54, 1.807) is 12.1 Å². The molecule has 0 aliphatic heterocycles. The maximum atomic E-state index is 13.0. The molecule has 0 bridgehead atoms. The van der Waals surface area contributed by atoms with Crippen molar-refractivity contribution in [1.29, 1.82) is 0 Å². The highest BCUT2D eigenvalue weighted by Crippen LogP contribution is 2.20. The summed E-state index contributed by atoms with van der Waals surface area (Å²) in [7, 11) is 0. The third-order valence-corrected chi connectivity index (χ3v) is 2.25. The van der Waals surface area contributed by atoms with E-state index in [0.29, 0.717) is 18.5 Å². The van der Waals surface area contributed by atoms with Gasteiger partial charge in [0.2, 0.25) is 5.82 Å². The number of benzene rings is 1. The molecule has 0 amide bonds. The molecular weight excluding hydrogens is 225 g/mol. The molecule has 2 aromatic rings. The van der Waals surface area contributed by atoms with E-state index in [9.17, 15) is 9.50 Å². The van der Waals surface area contributed by atoms with Crippen molar-refractivity contribution in [2.45, 2.75) is 12.5 Å². The van der Waals surface area contributed by atoms with Crippen molar-refractivity contribution in [3.8, 4) is 11.4 Å². The molecule has 1 heterocycles. The molecule has 5 nitrogen and oxygen atoms in total. The molecule has 0 saturated heterocycles. The zero-order valence-corrected chi connectivity index (χ0v) is 9.01. The van der Waals surface area contributed by atoms with Crippen LogP contribution in [0.2, 0.25) is 0 Å². The van der Waals surface area contributed by atoms with Gasteiger partial charge in [-0.25, -0.2) is 4.39 Å². The maximum absolute atomic E-state index is 13.0. The van der Waals surface area contributed by atoms with Gasteiger partial charge in [-0.3, -0.25) is 0 Å². The second kappa shape index (κ2) is 5.03. The highest BCUT2D eigenvalue weighted by atomic mass is 19.1. The molecule has 1 atom stereocenters. The molecule has 0 unspecified atom stereocenters. The van der Waals surface area contributed by atoms with Crippen molar-refractivity contribution >= 4 is 0 Å². The van der Waals surface area contributed by atoms with Crippen molar-refractivity contribution < 1.29 is 14.0 Å². The monoisotopic (exact) mass is 237 g/mol. The van der Waals surface area contributed by atoms with E-state index in [2.05, 4.69) is 10.1 Å². The van der Waals surface area contributed by atoms with E-state index in [1.165, 1.54) is 12.1 Å². The van der Waals surface area contributed by atoms with Gasteiger partial charge < -0.3 is 15.4 Å². The number of rotatable bonds is 4. The number of hydrogen-bond donors (Lipinski definition) is 2. The molecular formula is C11H12FN3O2. The zero-order valence-electron chi connectivity index (χ0n) is 9.01. The van der Waals surface area contributed by atoms with E-state index in [-0.39, 0.29) is 17.5 Å². The van der Waals surface area contributed by atoms with Crippen LogP contribution in [0.25, 0.3) is 11.4 Å². The number of aliphatic hydroxyl groups excluding tert-OH is 1. The zero-order chi connectivity index (χ0) is 12.3. The Morgan fingerprint density at radius 3 is 3.00 bits per heavy atom. The summed E-state index contributed by atoms with van der Waals surface area (Å²) in [5.74, 6) is -0.0401. The van der Waals surface area contributed by atoms with Crippen molar-refractivity contribution in [3.63, 3.8) is 0 Å². The Bertz CT molecular complexity index is 501. The first-order valence-corrected chi connectivity index (χ1v) is 5.18. The van der Waals surface area contributed by atoms with Crippen LogP contribution in [-0.2, 0) is 0 Å². The number of nitrogens with two attached hydrogens (primary N) is 1. The third-order valence-electron chi connectivity index (χ3n) is 2.25. The Morgan fingerprint density at radius 2 is 2.29 bits per heavy atom. The first-order valence-electron chi connectivity index (χ1n) is 5.18. The molecule has 90 valence electrons. The van der Waals surface area contributed by atoms with Crippen LogP contribution < -0.4 is 5.73 Å². The van der Waals surface area contributed by atoms with Gasteiger partial charge in [-0.05, 0) is 25.1 Å². The van der Waals surface area contributed by atoms with Crippen LogP contribution >= 0.6 is 0 Å². The Morgan fingerprint density at radius 1 is 1.47 bits per heavy atom. The fourth-order valence-corrected chi connectivity index (χ4v) is 1.40. The summed E-state index contributed by atoms with van der Waals surface area (Å²) in [6.45, 7) is 0.318. The second-order valence-electron chi connectivity index (χ2n) is 3.56. The Hall–Kier alpha value is -1.79. The lowest BCUT2D eigenvalue weighted by molar-refractivity contribution is 0.127. The normalized spacial score (nSPS) is 12.6. The molecule has 6 heteroatoms. The summed E-state index contributed by atoms with van der Waals surface area (Å²) in [6.07, 6.45) is -0.542. The molecule has 3 N–H and O–H groups in total. The molecule has 0 aliphatic carbocycles. The molecule has 1 aromatic carbocycles. The van der Waals surface area contributed by atoms with E-state index in [4.69, 9.17) is 10.3 Å². The van der Waals surface area contributed by atoms with Gasteiger partial charge in [0.1, 0.15) is 11.9 Å². The quantitative estimate of drug-likeness (QED) is 0.836. The molecule has 1 aromatic heterocycles. The number of hydrogen-bond acceptors (Lipinski definition) is 5. The topological polar surface area (TPSA) is 85.2 Å². The summed E-state index contributed by atoms with van der Waals surface area (Å²) in [5.41, 5.74) is 5.81. The molecule has 0 fully saturated rings. The average Bonchev–Trinajstić information content (AvgIpc) is 2.78. The van der Waals surface area contributed by atoms with Crippen LogP contribution in [0.3, 0.4) is 0 Å². The van der Waals surface area contributed by atoms with Gasteiger partial charge in [0.25, 0.3) is 5.89 Å². The molecule has 0 aliphatic rings. The summed E-state index contributed by atoms with van der Waals surface area (Å²) in [5, 5.41) is 13.3. The van der Waals surface area contributed by atoms with E-state index in [0.717, 1.165) is 0 Å². The van der Waals surface area contributed by atoms with Gasteiger partial charge in [-0.1, -0.05) is 17.3 Å². The Labute approximate surface area is 97.1 Å². The third kappa shape index (κ3) is 2.66. The SMILES string of the molecule is NCC[C@H](O)c1nc(-c2cccc(F)c2)no1. The standard InChI is InChI=1S/C11H12FN3O2/c12-8-3-1-2-7(6-8)10-14-11(17-15-10)9(16)4-5-13/h1-3,6,9,16H,4-5,13H2/t9-/m0/s1. The molecule has 0 saturated carbocycles. The fraction of sp³-hybridized carbons (Fsp3) is 0.273. The van der Waals surface area contributed by atoms with Gasteiger partial charge in [0, 0.05) is 5.56 Å². The lowest BCUT2D eigenvalue weighted by Gasteiger charge is -2.00. The highest BCUT2D eigenvalue weighted by molar-refractivity contribution is 5.53. The summed E-state index contributed by atoms with van der Waals surface area (Å²) in [4.78, 5) is 3.99. The second-order valence-corrected chi connectivity index (χ2v) is 3.56. The minimum absolute atomic E-state index is 0.0923. The van der Waals surface area contributed by atoms with Gasteiger partial charge >= 0.3 is 0 Å². The number of halogens is 1. The van der Waals surface area contributed by atoms with Gasteiger partial charge in [-0.15, -0.1) is 0 Å². The van der Waals surface area contributed by atoms with Crippen LogP contribution in [0.4, 0.5) is 4.39 Å². The highest BCUT2D eigenvalue weighted by Gasteiger charge is 2.16. The number of aromatic nitrogens is 2. The summed E-state index contributed by atoms with van der Waals surface area (Å²) in [6, 6.07) is 5.84. The van der Waals surface area contributed by atoms with Gasteiger partial charge in [0.05, 0.1) is 0 Å².